The fourth-order valence-corrected chi connectivity index (χ4v) is 1.79. The van der Waals surface area contributed by atoms with Crippen LogP contribution >= 0.6 is 0 Å². The van der Waals surface area contributed by atoms with Crippen molar-refractivity contribution in [3.63, 3.8) is 0 Å². The Morgan fingerprint density at radius 3 is 2.95 bits per heavy atom. The third-order valence-corrected chi connectivity index (χ3v) is 2.82. The molecule has 0 bridgehead atoms. The molecular weight excluding hydrogens is 246 g/mol. The number of rotatable bonds is 5. The number of amides is 1. The highest BCUT2D eigenvalue weighted by molar-refractivity contribution is 5.97. The van der Waals surface area contributed by atoms with Crippen molar-refractivity contribution in [1.82, 2.24) is 29.9 Å². The summed E-state index contributed by atoms with van der Waals surface area (Å²) in [5.74, 6) is 0.594. The van der Waals surface area contributed by atoms with E-state index in [4.69, 9.17) is 5.73 Å². The summed E-state index contributed by atoms with van der Waals surface area (Å²) >= 11 is 0. The van der Waals surface area contributed by atoms with Crippen LogP contribution in [0, 0.1) is 0 Å². The van der Waals surface area contributed by atoms with Gasteiger partial charge >= 0.3 is 0 Å². The Bertz CT molecular complexity index is 571. The van der Waals surface area contributed by atoms with E-state index in [1.54, 1.807) is 11.0 Å². The Morgan fingerprint density at radius 2 is 2.32 bits per heavy atom. The second-order valence-electron chi connectivity index (χ2n) is 4.13. The summed E-state index contributed by atoms with van der Waals surface area (Å²) in [6.07, 6.45) is 3.73. The molecule has 0 unspecified atom stereocenters. The molecule has 0 saturated carbocycles. The van der Waals surface area contributed by atoms with E-state index < -0.39 is 0 Å². The van der Waals surface area contributed by atoms with Crippen molar-refractivity contribution in [3.8, 4) is 0 Å². The van der Waals surface area contributed by atoms with E-state index in [1.165, 1.54) is 6.20 Å². The van der Waals surface area contributed by atoms with Crippen molar-refractivity contribution in [2.24, 2.45) is 7.05 Å². The van der Waals surface area contributed by atoms with Gasteiger partial charge in [0.15, 0.2) is 0 Å². The third kappa shape index (κ3) is 2.72. The number of aromatic nitrogens is 5. The van der Waals surface area contributed by atoms with Gasteiger partial charge < -0.3 is 15.6 Å². The monoisotopic (exact) mass is 263 g/mol. The molecule has 0 radical (unpaired) electrons. The molecule has 0 aliphatic heterocycles. The average Bonchev–Trinajstić information content (AvgIpc) is 2.96. The number of nitrogens with zero attached hydrogens (tertiary/aromatic N) is 5. The van der Waals surface area contributed by atoms with Crippen LogP contribution in [-0.2, 0) is 20.0 Å². The smallest absolute Gasteiger partial charge is 0.271 e. The molecule has 19 heavy (non-hydrogen) atoms. The molecule has 0 aliphatic carbocycles. The van der Waals surface area contributed by atoms with Gasteiger partial charge in [0.1, 0.15) is 17.8 Å². The molecule has 0 aliphatic rings. The molecule has 1 amide bonds. The van der Waals surface area contributed by atoms with E-state index in [1.807, 2.05) is 18.5 Å². The van der Waals surface area contributed by atoms with Crippen LogP contribution < -0.4 is 11.1 Å². The second kappa shape index (κ2) is 5.51. The fourth-order valence-electron chi connectivity index (χ4n) is 1.79. The van der Waals surface area contributed by atoms with Crippen LogP contribution in [0.5, 0.6) is 0 Å². The molecule has 8 heteroatoms. The molecule has 2 aromatic rings. The second-order valence-corrected chi connectivity index (χ2v) is 4.13. The molecule has 0 atom stereocenters. The molecule has 0 fully saturated rings. The quantitative estimate of drug-likeness (QED) is 0.763. The van der Waals surface area contributed by atoms with Gasteiger partial charge in [-0.2, -0.15) is 5.10 Å². The Balaban J connectivity index is 1.94. The number of carbonyl (C=O) groups is 1. The first-order valence-corrected chi connectivity index (χ1v) is 6.05. The summed E-state index contributed by atoms with van der Waals surface area (Å²) in [4.78, 5) is 12.0. The highest BCUT2D eigenvalue weighted by atomic mass is 16.2. The Kier molecular flexibility index (Phi) is 3.79. The van der Waals surface area contributed by atoms with E-state index in [0.29, 0.717) is 30.9 Å². The summed E-state index contributed by atoms with van der Waals surface area (Å²) in [6.45, 7) is 2.98. The minimum Gasteiger partial charge on any atom is -0.396 e. The first kappa shape index (κ1) is 13.1. The minimum atomic E-state index is -0.223. The minimum absolute atomic E-state index is 0.223. The van der Waals surface area contributed by atoms with Gasteiger partial charge in [-0.15, -0.1) is 10.2 Å². The van der Waals surface area contributed by atoms with Crippen LogP contribution in [0.2, 0.25) is 0 Å². The molecule has 2 rings (SSSR count). The molecule has 0 spiro atoms. The zero-order valence-corrected chi connectivity index (χ0v) is 11.0. The first-order valence-electron chi connectivity index (χ1n) is 6.05. The third-order valence-electron chi connectivity index (χ3n) is 2.82. The van der Waals surface area contributed by atoms with Crippen LogP contribution in [0.3, 0.4) is 0 Å². The number of hydrogen-bond donors (Lipinski definition) is 2. The number of nitrogens with one attached hydrogen (secondary N) is 1. The lowest BCUT2D eigenvalue weighted by molar-refractivity contribution is 0.0944. The van der Waals surface area contributed by atoms with Gasteiger partial charge in [-0.3, -0.25) is 9.48 Å². The predicted molar refractivity (Wildman–Crippen MR) is 69.4 cm³/mol. The molecule has 2 heterocycles. The Morgan fingerprint density at radius 1 is 1.53 bits per heavy atom. The highest BCUT2D eigenvalue weighted by Gasteiger charge is 2.15. The van der Waals surface area contributed by atoms with Gasteiger partial charge in [-0.25, -0.2) is 0 Å². The van der Waals surface area contributed by atoms with Gasteiger partial charge in [0, 0.05) is 26.6 Å². The van der Waals surface area contributed by atoms with E-state index in [-0.39, 0.29) is 5.91 Å². The number of hydrogen-bond acceptors (Lipinski definition) is 5. The SMILES string of the molecule is CCn1ncc(N)c1C(=O)NCCc1nncn1C. The summed E-state index contributed by atoms with van der Waals surface area (Å²) in [7, 11) is 1.86. The molecule has 0 saturated heterocycles. The Labute approximate surface area is 110 Å². The maximum atomic E-state index is 12.0. The van der Waals surface area contributed by atoms with Gasteiger partial charge in [0.05, 0.1) is 11.9 Å². The number of nitrogen functional groups attached to an aromatic ring is 1. The van der Waals surface area contributed by atoms with E-state index >= 15 is 0 Å². The topological polar surface area (TPSA) is 104 Å². The van der Waals surface area contributed by atoms with Crippen LogP contribution in [0.1, 0.15) is 23.2 Å². The zero-order chi connectivity index (χ0) is 13.8. The summed E-state index contributed by atoms with van der Waals surface area (Å²) in [5.41, 5.74) is 6.53. The number of carbonyl (C=O) groups excluding carboxylic acids is 1. The summed E-state index contributed by atoms with van der Waals surface area (Å²) in [6, 6.07) is 0. The van der Waals surface area contributed by atoms with Crippen LogP contribution in [0.15, 0.2) is 12.5 Å². The largest absolute Gasteiger partial charge is 0.396 e. The number of anilines is 1. The highest BCUT2D eigenvalue weighted by Crippen LogP contribution is 2.10. The van der Waals surface area contributed by atoms with Gasteiger partial charge in [0.25, 0.3) is 5.91 Å². The molecular formula is C11H17N7O. The maximum absolute atomic E-state index is 12.0. The van der Waals surface area contributed by atoms with Crippen molar-refractivity contribution < 1.29 is 4.79 Å². The van der Waals surface area contributed by atoms with Crippen molar-refractivity contribution in [3.05, 3.63) is 24.0 Å². The van der Waals surface area contributed by atoms with E-state index in [0.717, 1.165) is 5.82 Å². The van der Waals surface area contributed by atoms with E-state index in [9.17, 15) is 4.79 Å². The zero-order valence-electron chi connectivity index (χ0n) is 11.0. The molecule has 2 aromatic heterocycles. The van der Waals surface area contributed by atoms with Crippen LogP contribution in [-0.4, -0.2) is 37.0 Å². The standard InChI is InChI=1S/C11H17N7O/c1-3-18-10(8(12)6-15-18)11(19)13-5-4-9-16-14-7-17(9)2/h6-7H,3-5,12H2,1-2H3,(H,13,19). The van der Waals surface area contributed by atoms with E-state index in [2.05, 4.69) is 20.6 Å². The average molecular weight is 263 g/mol. The fraction of sp³-hybridized carbons (Fsp3) is 0.455. The molecule has 0 aromatic carbocycles. The van der Waals surface area contributed by atoms with Gasteiger partial charge in [0.2, 0.25) is 0 Å². The number of nitrogens with two attached hydrogens (primary N) is 1. The van der Waals surface area contributed by atoms with Gasteiger partial charge in [-0.1, -0.05) is 0 Å². The lowest BCUT2D eigenvalue weighted by Gasteiger charge is -2.07. The first-order chi connectivity index (χ1) is 9.13. The molecule has 102 valence electrons. The van der Waals surface area contributed by atoms with Crippen molar-refractivity contribution in [2.45, 2.75) is 19.9 Å². The Hall–Kier alpha value is -2.38. The van der Waals surface area contributed by atoms with Crippen molar-refractivity contribution >= 4 is 11.6 Å². The van der Waals surface area contributed by atoms with Crippen molar-refractivity contribution in [2.75, 3.05) is 12.3 Å². The maximum Gasteiger partial charge on any atom is 0.271 e. The van der Waals surface area contributed by atoms with Crippen LogP contribution in [0.4, 0.5) is 5.69 Å². The summed E-state index contributed by atoms with van der Waals surface area (Å²) in [5, 5.41) is 14.6. The van der Waals surface area contributed by atoms with Crippen molar-refractivity contribution in [1.29, 1.82) is 0 Å². The molecule has 3 N–H and O–H groups in total. The van der Waals surface area contributed by atoms with Crippen LogP contribution in [0.25, 0.3) is 0 Å². The summed E-state index contributed by atoms with van der Waals surface area (Å²) < 4.78 is 3.39. The predicted octanol–water partition coefficient (Wildman–Crippen LogP) is -0.414. The lowest BCUT2D eigenvalue weighted by atomic mass is 10.3. The normalized spacial score (nSPS) is 10.6. The van der Waals surface area contributed by atoms with Gasteiger partial charge in [-0.05, 0) is 6.92 Å². The molecule has 8 nitrogen and oxygen atoms in total. The number of aryl methyl sites for hydroxylation is 2. The lowest BCUT2D eigenvalue weighted by Crippen LogP contribution is -2.29.